The van der Waals surface area contributed by atoms with Gasteiger partial charge in [-0.05, 0) is 32.3 Å². The lowest BCUT2D eigenvalue weighted by atomic mass is 9.64. The highest BCUT2D eigenvalue weighted by Gasteiger charge is 2.43. The largest absolute Gasteiger partial charge is 0.240 e. The Hall–Kier alpha value is -1.41. The van der Waals surface area contributed by atoms with Crippen LogP contribution in [0.5, 0.6) is 0 Å². The summed E-state index contributed by atoms with van der Waals surface area (Å²) in [4.78, 5) is 9.41. The minimum atomic E-state index is -0.0434. The van der Waals surface area contributed by atoms with Gasteiger partial charge in [0.05, 0.1) is 10.8 Å². The van der Waals surface area contributed by atoms with Crippen molar-refractivity contribution in [1.82, 2.24) is 9.97 Å². The number of benzene rings is 1. The zero-order valence-electron chi connectivity index (χ0n) is 11.9. The van der Waals surface area contributed by atoms with Gasteiger partial charge in [0, 0.05) is 17.5 Å². The van der Waals surface area contributed by atoms with Crippen LogP contribution in [0.3, 0.4) is 0 Å². The molecule has 3 rings (SSSR count). The summed E-state index contributed by atoms with van der Waals surface area (Å²) in [5.41, 5.74) is 3.37. The van der Waals surface area contributed by atoms with Crippen molar-refractivity contribution in [2.45, 2.75) is 43.9 Å². The predicted octanol–water partition coefficient (Wildman–Crippen LogP) is 4.55. The van der Waals surface area contributed by atoms with Crippen LogP contribution in [0.25, 0.3) is 0 Å². The monoisotopic (exact) mass is 286 g/mol. The number of hydrogen-bond acceptors (Lipinski definition) is 2. The molecule has 1 unspecified atom stereocenters. The van der Waals surface area contributed by atoms with Gasteiger partial charge in [0.1, 0.15) is 5.82 Å². The molecule has 1 fully saturated rings. The van der Waals surface area contributed by atoms with E-state index in [2.05, 4.69) is 35.3 Å². The minimum Gasteiger partial charge on any atom is -0.240 e. The van der Waals surface area contributed by atoms with E-state index < -0.39 is 0 Å². The number of hydrogen-bond donors (Lipinski definition) is 0. The van der Waals surface area contributed by atoms with Crippen LogP contribution in [0.1, 0.15) is 54.2 Å². The Kier molecular flexibility index (Phi) is 3.51. The van der Waals surface area contributed by atoms with Crippen LogP contribution in [0.4, 0.5) is 0 Å². The van der Waals surface area contributed by atoms with E-state index in [0.29, 0.717) is 0 Å². The fourth-order valence-corrected chi connectivity index (χ4v) is 3.24. The molecule has 0 spiro atoms. The molecule has 2 nitrogen and oxygen atoms in total. The van der Waals surface area contributed by atoms with E-state index in [1.165, 1.54) is 12.0 Å². The number of halogens is 1. The van der Waals surface area contributed by atoms with E-state index in [4.69, 9.17) is 16.6 Å². The number of alkyl halides is 1. The second-order valence-electron chi connectivity index (χ2n) is 5.65. The van der Waals surface area contributed by atoms with E-state index in [9.17, 15) is 0 Å². The van der Waals surface area contributed by atoms with E-state index in [-0.39, 0.29) is 10.8 Å². The Morgan fingerprint density at radius 3 is 2.40 bits per heavy atom. The molecule has 0 N–H and O–H groups in total. The third kappa shape index (κ3) is 2.12. The Morgan fingerprint density at radius 2 is 1.90 bits per heavy atom. The van der Waals surface area contributed by atoms with E-state index in [1.807, 2.05) is 20.0 Å². The van der Waals surface area contributed by atoms with Crippen LogP contribution in [0.15, 0.2) is 36.5 Å². The predicted molar refractivity (Wildman–Crippen MR) is 82.1 cm³/mol. The topological polar surface area (TPSA) is 25.8 Å². The highest BCUT2D eigenvalue weighted by Crippen LogP contribution is 2.47. The number of rotatable bonds is 3. The second kappa shape index (κ2) is 5.17. The summed E-state index contributed by atoms with van der Waals surface area (Å²) in [6.07, 6.45) is 5.40. The van der Waals surface area contributed by atoms with Crippen molar-refractivity contribution < 1.29 is 0 Å². The molecule has 0 amide bonds. The first-order valence-corrected chi connectivity index (χ1v) is 7.61. The molecule has 1 atom stereocenters. The van der Waals surface area contributed by atoms with E-state index in [1.54, 1.807) is 0 Å². The maximum Gasteiger partial charge on any atom is 0.139 e. The van der Waals surface area contributed by atoms with Crippen LogP contribution in [0.2, 0.25) is 0 Å². The van der Waals surface area contributed by atoms with Crippen molar-refractivity contribution >= 4 is 11.6 Å². The number of aromatic nitrogens is 2. The molecule has 0 radical (unpaired) electrons. The van der Waals surface area contributed by atoms with Gasteiger partial charge in [0.2, 0.25) is 0 Å². The van der Waals surface area contributed by atoms with Crippen LogP contribution < -0.4 is 0 Å². The lowest BCUT2D eigenvalue weighted by Crippen LogP contribution is -2.37. The Bertz CT molecular complexity index is 604. The standard InChI is InChI=1S/C17H19ClN2/c1-12(18)15-11-19-16(20-13(15)2)17(9-6-10-17)14-7-4-3-5-8-14/h3-5,7-8,11-12H,6,9-10H2,1-2H3. The molecule has 1 aromatic heterocycles. The van der Waals surface area contributed by atoms with Crippen LogP contribution in [-0.2, 0) is 5.41 Å². The SMILES string of the molecule is Cc1nc(C2(c3ccccc3)CCC2)ncc1C(C)Cl. The van der Waals surface area contributed by atoms with E-state index >= 15 is 0 Å². The second-order valence-corrected chi connectivity index (χ2v) is 6.31. The maximum atomic E-state index is 6.16. The highest BCUT2D eigenvalue weighted by molar-refractivity contribution is 6.20. The molecule has 1 aliphatic carbocycles. The molecule has 20 heavy (non-hydrogen) atoms. The van der Waals surface area contributed by atoms with Crippen molar-refractivity contribution in [3.8, 4) is 0 Å². The van der Waals surface area contributed by atoms with Crippen molar-refractivity contribution in [3.63, 3.8) is 0 Å². The van der Waals surface area contributed by atoms with Gasteiger partial charge in [0.15, 0.2) is 0 Å². The number of nitrogens with zero attached hydrogens (tertiary/aromatic N) is 2. The quantitative estimate of drug-likeness (QED) is 0.773. The minimum absolute atomic E-state index is 0.0140. The molecule has 1 aromatic carbocycles. The highest BCUT2D eigenvalue weighted by atomic mass is 35.5. The molecule has 1 heterocycles. The molecule has 3 heteroatoms. The van der Waals surface area contributed by atoms with Gasteiger partial charge in [-0.15, -0.1) is 11.6 Å². The van der Waals surface area contributed by atoms with Gasteiger partial charge >= 0.3 is 0 Å². The molecule has 0 bridgehead atoms. The first-order valence-electron chi connectivity index (χ1n) is 7.17. The average Bonchev–Trinajstić information content (AvgIpc) is 2.38. The molecule has 104 valence electrons. The normalized spacial score (nSPS) is 18.4. The lowest BCUT2D eigenvalue weighted by Gasteiger charge is -2.41. The summed E-state index contributed by atoms with van der Waals surface area (Å²) >= 11 is 6.16. The molecule has 2 aromatic rings. The van der Waals surface area contributed by atoms with Crippen LogP contribution >= 0.6 is 11.6 Å². The lowest BCUT2D eigenvalue weighted by molar-refractivity contribution is 0.284. The number of aryl methyl sites for hydroxylation is 1. The first-order chi connectivity index (χ1) is 9.63. The van der Waals surface area contributed by atoms with Crippen molar-refractivity contribution in [2.75, 3.05) is 0 Å². The van der Waals surface area contributed by atoms with Crippen molar-refractivity contribution in [3.05, 3.63) is 59.2 Å². The van der Waals surface area contributed by atoms with Gasteiger partial charge in [0.25, 0.3) is 0 Å². The Labute approximate surface area is 125 Å². The zero-order valence-corrected chi connectivity index (χ0v) is 12.7. The smallest absolute Gasteiger partial charge is 0.139 e. The summed E-state index contributed by atoms with van der Waals surface area (Å²) in [5, 5.41) is -0.0434. The third-order valence-electron chi connectivity index (χ3n) is 4.41. The van der Waals surface area contributed by atoms with Gasteiger partial charge in [-0.25, -0.2) is 9.97 Å². The Morgan fingerprint density at radius 1 is 1.20 bits per heavy atom. The van der Waals surface area contributed by atoms with Gasteiger partial charge in [-0.3, -0.25) is 0 Å². The molecule has 0 saturated heterocycles. The van der Waals surface area contributed by atoms with Crippen molar-refractivity contribution in [2.24, 2.45) is 0 Å². The average molecular weight is 287 g/mol. The fourth-order valence-electron chi connectivity index (χ4n) is 3.03. The van der Waals surface area contributed by atoms with Crippen LogP contribution in [-0.4, -0.2) is 9.97 Å². The molecule has 0 aliphatic heterocycles. The molecular formula is C17H19ClN2. The summed E-state index contributed by atoms with van der Waals surface area (Å²) in [7, 11) is 0. The maximum absolute atomic E-state index is 6.16. The summed E-state index contributed by atoms with van der Waals surface area (Å²) in [6, 6.07) is 10.6. The zero-order chi connectivity index (χ0) is 14.2. The molecule has 1 aliphatic rings. The van der Waals surface area contributed by atoms with Gasteiger partial charge in [-0.1, -0.05) is 36.8 Å². The molecule has 1 saturated carbocycles. The summed E-state index contributed by atoms with van der Waals surface area (Å²) < 4.78 is 0. The van der Waals surface area contributed by atoms with E-state index in [0.717, 1.165) is 29.9 Å². The Balaban J connectivity index is 2.05. The van der Waals surface area contributed by atoms with Crippen LogP contribution in [0, 0.1) is 6.92 Å². The fraction of sp³-hybridized carbons (Fsp3) is 0.412. The van der Waals surface area contributed by atoms with Crippen molar-refractivity contribution in [1.29, 1.82) is 0 Å². The van der Waals surface area contributed by atoms with Gasteiger partial charge < -0.3 is 0 Å². The summed E-state index contributed by atoms with van der Waals surface area (Å²) in [6.45, 7) is 3.99. The third-order valence-corrected chi connectivity index (χ3v) is 4.64. The summed E-state index contributed by atoms with van der Waals surface area (Å²) in [5.74, 6) is 0.952. The molecular weight excluding hydrogens is 268 g/mol. The first kappa shape index (κ1) is 13.6. The van der Waals surface area contributed by atoms with Gasteiger partial charge in [-0.2, -0.15) is 0 Å².